The summed E-state index contributed by atoms with van der Waals surface area (Å²) in [6, 6.07) is 39.4. The molecule has 13 rings (SSSR count). The number of aryl methyl sites for hydroxylation is 1. The lowest BCUT2D eigenvalue weighted by atomic mass is 10.0. The predicted octanol–water partition coefficient (Wildman–Crippen LogP) is 12.7. The summed E-state index contributed by atoms with van der Waals surface area (Å²) in [5.41, 5.74) is 28.0. The normalized spacial score (nSPS) is 11.3. The van der Waals surface area contributed by atoms with Gasteiger partial charge in [-0.25, -0.2) is 21.6 Å². The molecule has 21 nitrogen and oxygen atoms in total. The van der Waals surface area contributed by atoms with Gasteiger partial charge in [-0.05, 0) is 119 Å². The first-order valence-corrected chi connectivity index (χ1v) is 32.0. The molecule has 0 aliphatic heterocycles. The lowest BCUT2D eigenvalue weighted by molar-refractivity contribution is 0.0500. The second kappa shape index (κ2) is 26.4. The molecule has 0 aliphatic rings. The molecule has 0 fully saturated rings. The number of nitrogens with zero attached hydrogens (tertiary/aromatic N) is 10. The fourth-order valence-electron chi connectivity index (χ4n) is 10.0. The largest absolute Gasteiger partial charge is 0.462 e. The molecule has 0 amide bonds. The van der Waals surface area contributed by atoms with E-state index in [-0.39, 0.29) is 15.8 Å². The first-order valence-electron chi connectivity index (χ1n) is 28.2. The maximum atomic E-state index is 12.6. The van der Waals surface area contributed by atoms with E-state index in [9.17, 15) is 21.6 Å². The molecule has 0 saturated carbocycles. The zero-order valence-electron chi connectivity index (χ0n) is 49.1. The smallest absolute Gasteiger partial charge is 0.340 e. The van der Waals surface area contributed by atoms with Crippen LogP contribution in [0.15, 0.2) is 218 Å². The molecule has 0 spiro atoms. The number of sulfone groups is 2. The molecule has 7 N–H and O–H groups in total. The molecule has 13 aromatic rings. The first-order chi connectivity index (χ1) is 43.5. The van der Waals surface area contributed by atoms with E-state index in [2.05, 4.69) is 96.6 Å². The second-order valence-corrected chi connectivity index (χ2v) is 24.8. The van der Waals surface area contributed by atoms with Crippen molar-refractivity contribution in [3.8, 4) is 33.4 Å². The number of rotatable bonds is 15. The fraction of sp³-hybridized carbons (Fsp3) is 0.104. The number of esters is 1. The van der Waals surface area contributed by atoms with Gasteiger partial charge in [0.25, 0.3) is 0 Å². The van der Waals surface area contributed by atoms with E-state index in [4.69, 9.17) is 16.2 Å². The van der Waals surface area contributed by atoms with Crippen LogP contribution < -0.4 is 27.4 Å². The van der Waals surface area contributed by atoms with Gasteiger partial charge in [-0.3, -0.25) is 44.9 Å². The summed E-state index contributed by atoms with van der Waals surface area (Å²) in [6.07, 6.45) is 25.1. The Morgan fingerprint density at radius 1 is 0.500 bits per heavy atom. The van der Waals surface area contributed by atoms with Crippen molar-refractivity contribution >= 4 is 115 Å². The Labute approximate surface area is 518 Å². The molecule has 7 aromatic heterocycles. The Hall–Kier alpha value is -11.3. The highest BCUT2D eigenvalue weighted by molar-refractivity contribution is 7.91. The molecule has 0 saturated heterocycles. The highest BCUT2D eigenvalue weighted by Crippen LogP contribution is 2.37. The molecule has 450 valence electrons. The third-order valence-electron chi connectivity index (χ3n) is 14.3. The number of nitrogens with two attached hydrogens (primary N) is 2. The van der Waals surface area contributed by atoms with E-state index < -0.39 is 19.7 Å². The van der Waals surface area contributed by atoms with Gasteiger partial charge in [0.15, 0.2) is 19.7 Å². The van der Waals surface area contributed by atoms with Crippen molar-refractivity contribution < 1.29 is 26.4 Å². The van der Waals surface area contributed by atoms with Gasteiger partial charge in [0.2, 0.25) is 0 Å². The molecule has 0 radical (unpaired) electrons. The lowest BCUT2D eigenvalue weighted by Gasteiger charge is -2.14. The Morgan fingerprint density at radius 3 is 1.48 bits per heavy atom. The van der Waals surface area contributed by atoms with Crippen LogP contribution in [0.3, 0.4) is 0 Å². The summed E-state index contributed by atoms with van der Waals surface area (Å²) in [5, 5.41) is 10.8. The number of carbonyl (C=O) groups is 1. The molecule has 23 heteroatoms. The Morgan fingerprint density at radius 2 is 0.967 bits per heavy atom. The Kier molecular flexibility index (Phi) is 17.7. The number of nitrogen functional groups attached to an aromatic ring is 2. The first kappa shape index (κ1) is 60.4. The monoisotopic (exact) mass is 1230 g/mol. The molecule has 0 aliphatic carbocycles. The highest BCUT2D eigenvalue weighted by Gasteiger charge is 2.19. The minimum Gasteiger partial charge on any atom is -0.462 e. The second-order valence-electron chi connectivity index (χ2n) is 20.9. The van der Waals surface area contributed by atoms with Gasteiger partial charge in [0.05, 0.1) is 90.7 Å². The van der Waals surface area contributed by atoms with Gasteiger partial charge in [-0.15, -0.1) is 0 Å². The summed E-state index contributed by atoms with van der Waals surface area (Å²) in [6.45, 7) is 2.46. The fourth-order valence-corrected chi connectivity index (χ4v) is 11.6. The molecule has 90 heavy (non-hydrogen) atoms. The predicted molar refractivity (Wildman–Crippen MR) is 354 cm³/mol. The van der Waals surface area contributed by atoms with Gasteiger partial charge in [-0.1, -0.05) is 49.7 Å². The molecule has 0 unspecified atom stereocenters. The van der Waals surface area contributed by atoms with Crippen LogP contribution in [0.1, 0.15) is 30.1 Å². The van der Waals surface area contributed by atoms with E-state index >= 15 is 0 Å². The van der Waals surface area contributed by atoms with E-state index in [1.54, 1.807) is 55.6 Å². The van der Waals surface area contributed by atoms with Crippen molar-refractivity contribution in [2.75, 3.05) is 46.5 Å². The van der Waals surface area contributed by atoms with Crippen LogP contribution in [0.2, 0.25) is 0 Å². The summed E-state index contributed by atoms with van der Waals surface area (Å²) < 4.78 is 55.8. The molecule has 0 bridgehead atoms. The van der Waals surface area contributed by atoms with Gasteiger partial charge in [-0.2, -0.15) is 0 Å². The number of anilines is 8. The van der Waals surface area contributed by atoms with E-state index in [1.807, 2.05) is 98.2 Å². The minimum atomic E-state index is -3.41. The molecular formula is C67H59N15O6S2. The Bertz CT molecular complexity index is 5050. The van der Waals surface area contributed by atoms with Crippen molar-refractivity contribution in [1.82, 2.24) is 49.4 Å². The summed E-state index contributed by atoms with van der Waals surface area (Å²) in [5.74, 6) is -0.367. The minimum absolute atomic E-state index is 0.173. The van der Waals surface area contributed by atoms with Crippen molar-refractivity contribution in [3.05, 3.63) is 214 Å². The SMILES string of the molecule is CCCCOC(=O)c1ccncc1Nc1cc(-c2ccc3ccn(C)c3c2)c2nccnc2c1.CS(=O)(=O)c1ccncc1Nc1cc(-c2ccc(N)cc2)c2nccnc2c1.CS(=O)(=O)c1ccncc1Nc1cc(-c2cccc(N)c2)c2nccnc2c1. The number of pyridine rings is 3. The number of unbranched alkanes of at least 4 members (excludes halogenated alkanes) is 1. The van der Waals surface area contributed by atoms with Crippen molar-refractivity contribution in [2.45, 2.75) is 29.6 Å². The third-order valence-corrected chi connectivity index (χ3v) is 16.6. The van der Waals surface area contributed by atoms with Crippen LogP contribution in [0, 0.1) is 0 Å². The average Bonchev–Trinajstić information content (AvgIpc) is 1.51. The number of hydrogen-bond acceptors (Lipinski definition) is 20. The van der Waals surface area contributed by atoms with Crippen LogP contribution in [-0.2, 0) is 31.5 Å². The van der Waals surface area contributed by atoms with Gasteiger partial charge < -0.3 is 36.7 Å². The summed E-state index contributed by atoms with van der Waals surface area (Å²) in [7, 11) is -4.79. The highest BCUT2D eigenvalue weighted by atomic mass is 32.2. The van der Waals surface area contributed by atoms with Crippen LogP contribution in [-0.4, -0.2) is 91.3 Å². The quantitative estimate of drug-likeness (QED) is 0.0362. The van der Waals surface area contributed by atoms with Crippen LogP contribution in [0.5, 0.6) is 0 Å². The number of hydrogen-bond donors (Lipinski definition) is 5. The van der Waals surface area contributed by atoms with Gasteiger partial charge >= 0.3 is 5.97 Å². The topological polar surface area (TPSA) is 304 Å². The summed E-state index contributed by atoms with van der Waals surface area (Å²) in [4.78, 5) is 52.1. The molecular weight excluding hydrogens is 1170 g/mol. The molecule has 7 heterocycles. The third kappa shape index (κ3) is 13.9. The molecule has 6 aromatic carbocycles. The lowest BCUT2D eigenvalue weighted by Crippen LogP contribution is -2.09. The van der Waals surface area contributed by atoms with Crippen LogP contribution in [0.25, 0.3) is 77.4 Å². The average molecular weight is 1230 g/mol. The van der Waals surface area contributed by atoms with Crippen molar-refractivity contribution in [3.63, 3.8) is 0 Å². The van der Waals surface area contributed by atoms with Crippen molar-refractivity contribution in [2.24, 2.45) is 7.05 Å². The standard InChI is InChI=1S/C27H25N5O2.2C20H17N5O2S/c1-3-4-13-34-27(33)21-7-9-28-17-24(21)31-20-15-22(26-23(16-20)29-10-11-30-26)19-6-5-18-8-12-32(2)25(18)14-19;1-28(26,27)19-6-7-22-12-18(19)25-15-10-16(13-2-4-14(21)5-3-13)20-17(11-15)23-8-9-24-20;1-28(26,27)19-5-6-22-12-18(19)25-15-10-16(13-3-2-4-14(21)9-13)20-17(11-15)23-7-8-24-20/h5-12,14-17,31H,3-4,13H2,1-2H3;2*2-12,25H,21H2,1H3. The molecule has 0 atom stereocenters. The van der Waals surface area contributed by atoms with Crippen LogP contribution in [0.4, 0.5) is 45.5 Å². The van der Waals surface area contributed by atoms with E-state index in [0.717, 1.165) is 85.7 Å². The number of benzene rings is 6. The number of ether oxygens (including phenoxy) is 1. The number of fused-ring (bicyclic) bond motifs is 4. The number of carbonyl (C=O) groups excluding carboxylic acids is 1. The summed E-state index contributed by atoms with van der Waals surface area (Å²) >= 11 is 0. The van der Waals surface area contributed by atoms with Gasteiger partial charge in [0, 0.05) is 132 Å². The number of nitrogens with one attached hydrogen (secondary N) is 3. The van der Waals surface area contributed by atoms with Gasteiger partial charge in [0.1, 0.15) is 0 Å². The zero-order chi connectivity index (χ0) is 62.9. The maximum Gasteiger partial charge on any atom is 0.340 e. The van der Waals surface area contributed by atoms with Crippen LogP contribution >= 0.6 is 0 Å². The number of aromatic nitrogens is 10. The van der Waals surface area contributed by atoms with E-state index in [0.29, 0.717) is 63.0 Å². The maximum absolute atomic E-state index is 12.6. The van der Waals surface area contributed by atoms with E-state index in [1.165, 1.54) is 48.6 Å². The Balaban J connectivity index is 0.000000140. The van der Waals surface area contributed by atoms with Crippen molar-refractivity contribution in [1.29, 1.82) is 0 Å². The zero-order valence-corrected chi connectivity index (χ0v) is 50.8.